The van der Waals surface area contributed by atoms with Gasteiger partial charge in [0.1, 0.15) is 23.1 Å². The standard InChI is InChI=1S/C25H24F2N4O4/c1-13-4-5-30-18(11-25-10-15(9-19(25)32)31(12-25)24(34)35-3)22(29-20(30)6-13)21-16(26)7-14(8-17(21)27)23(33)28-2/h4-8,15H,9-12H2,1-3H3,(H,28,33). The number of fused-ring (bicyclic) bond motifs is 3. The van der Waals surface area contributed by atoms with Gasteiger partial charge in [0.2, 0.25) is 0 Å². The van der Waals surface area contributed by atoms with Gasteiger partial charge in [-0.2, -0.15) is 0 Å². The molecule has 0 radical (unpaired) electrons. The van der Waals surface area contributed by atoms with Crippen molar-refractivity contribution in [3.05, 3.63) is 58.9 Å². The van der Waals surface area contributed by atoms with Gasteiger partial charge in [-0.3, -0.25) is 9.59 Å². The summed E-state index contributed by atoms with van der Waals surface area (Å²) in [5.41, 5.74) is 0.500. The SMILES string of the molecule is CNC(=O)c1cc(F)c(-c2nc3cc(C)ccn3c2CC23CC(CC2=O)N(C(=O)OC)C3)c(F)c1. The Balaban J connectivity index is 1.66. The number of piperidine rings is 1. The minimum Gasteiger partial charge on any atom is -0.453 e. The third kappa shape index (κ3) is 3.55. The van der Waals surface area contributed by atoms with E-state index < -0.39 is 29.0 Å². The molecule has 3 heterocycles. The van der Waals surface area contributed by atoms with E-state index in [0.717, 1.165) is 17.7 Å². The number of nitrogens with zero attached hydrogens (tertiary/aromatic N) is 3. The number of hydrogen-bond donors (Lipinski definition) is 1. The minimum absolute atomic E-state index is 0.00609. The van der Waals surface area contributed by atoms with Crippen LogP contribution in [0.15, 0.2) is 30.5 Å². The highest BCUT2D eigenvalue weighted by atomic mass is 19.1. The number of carbonyl (C=O) groups excluding carboxylic acids is 3. The van der Waals surface area contributed by atoms with Crippen LogP contribution in [0.3, 0.4) is 0 Å². The number of aromatic nitrogens is 2. The predicted octanol–water partition coefficient (Wildman–Crippen LogP) is 3.29. The fourth-order valence-corrected chi connectivity index (χ4v) is 5.42. The van der Waals surface area contributed by atoms with Gasteiger partial charge in [0.15, 0.2) is 0 Å². The summed E-state index contributed by atoms with van der Waals surface area (Å²) in [5, 5.41) is 2.35. The van der Waals surface area contributed by atoms with E-state index >= 15 is 8.78 Å². The molecule has 2 aromatic heterocycles. The van der Waals surface area contributed by atoms with Crippen molar-refractivity contribution in [2.75, 3.05) is 20.7 Å². The maximum atomic E-state index is 15.3. The van der Waals surface area contributed by atoms with Crippen LogP contribution in [-0.2, 0) is 16.0 Å². The number of ketones is 1. The van der Waals surface area contributed by atoms with E-state index in [4.69, 9.17) is 4.74 Å². The molecule has 1 aliphatic carbocycles. The number of nitrogens with one attached hydrogen (secondary N) is 1. The highest BCUT2D eigenvalue weighted by molar-refractivity contribution is 5.95. The van der Waals surface area contributed by atoms with Gasteiger partial charge in [-0.05, 0) is 43.2 Å². The summed E-state index contributed by atoms with van der Waals surface area (Å²) >= 11 is 0. The smallest absolute Gasteiger partial charge is 0.409 e. The van der Waals surface area contributed by atoms with E-state index in [1.165, 1.54) is 14.2 Å². The molecule has 1 saturated carbocycles. The van der Waals surface area contributed by atoms with E-state index in [9.17, 15) is 14.4 Å². The molecule has 1 aromatic carbocycles. The predicted molar refractivity (Wildman–Crippen MR) is 122 cm³/mol. The number of imidazole rings is 1. The third-order valence-corrected chi connectivity index (χ3v) is 7.12. The Morgan fingerprint density at radius 1 is 1.26 bits per heavy atom. The normalized spacial score (nSPS) is 21.1. The molecule has 8 nitrogen and oxygen atoms in total. The number of ether oxygens (including phenoxy) is 1. The number of hydrogen-bond acceptors (Lipinski definition) is 5. The number of Topliss-reactive ketones (excluding diaryl/α,β-unsaturated/α-hetero) is 1. The summed E-state index contributed by atoms with van der Waals surface area (Å²) < 4.78 is 37.1. The molecular weight excluding hydrogens is 458 g/mol. The largest absolute Gasteiger partial charge is 0.453 e. The number of aryl methyl sites for hydroxylation is 1. The van der Waals surface area contributed by atoms with Gasteiger partial charge in [0.25, 0.3) is 5.91 Å². The van der Waals surface area contributed by atoms with Gasteiger partial charge in [0, 0.05) is 44.2 Å². The average Bonchev–Trinajstić information content (AvgIpc) is 3.46. The number of rotatable bonds is 4. The van der Waals surface area contributed by atoms with Crippen molar-refractivity contribution in [1.29, 1.82) is 0 Å². The van der Waals surface area contributed by atoms with E-state index in [2.05, 4.69) is 10.3 Å². The van der Waals surface area contributed by atoms with Crippen LogP contribution in [0.1, 0.15) is 34.5 Å². The van der Waals surface area contributed by atoms with Gasteiger partial charge >= 0.3 is 6.09 Å². The summed E-state index contributed by atoms with van der Waals surface area (Å²) in [5.74, 6) is -2.47. The van der Waals surface area contributed by atoms with E-state index in [1.54, 1.807) is 21.6 Å². The summed E-state index contributed by atoms with van der Waals surface area (Å²) in [6.45, 7) is 2.05. The van der Waals surface area contributed by atoms with Crippen LogP contribution in [0.5, 0.6) is 0 Å². The van der Waals surface area contributed by atoms with Gasteiger partial charge in [-0.25, -0.2) is 18.6 Å². The molecule has 3 aromatic rings. The van der Waals surface area contributed by atoms with Gasteiger partial charge < -0.3 is 19.4 Å². The molecule has 2 atom stereocenters. The van der Waals surface area contributed by atoms with Crippen molar-refractivity contribution in [3.8, 4) is 11.3 Å². The monoisotopic (exact) mass is 482 g/mol. The molecule has 2 bridgehead atoms. The number of methoxy groups -OCH3 is 1. The number of amides is 2. The highest BCUT2D eigenvalue weighted by Crippen LogP contribution is 2.48. The Kier molecular flexibility index (Phi) is 5.34. The van der Waals surface area contributed by atoms with Crippen LogP contribution >= 0.6 is 0 Å². The zero-order valence-corrected chi connectivity index (χ0v) is 19.5. The second-order valence-corrected chi connectivity index (χ2v) is 9.27. The molecule has 2 unspecified atom stereocenters. The first-order valence-corrected chi connectivity index (χ1v) is 11.2. The Hall–Kier alpha value is -3.82. The molecule has 182 valence electrons. The second-order valence-electron chi connectivity index (χ2n) is 9.27. The lowest BCUT2D eigenvalue weighted by atomic mass is 9.80. The van der Waals surface area contributed by atoms with E-state index in [0.29, 0.717) is 17.8 Å². The first-order chi connectivity index (χ1) is 16.7. The van der Waals surface area contributed by atoms with Crippen molar-refractivity contribution in [3.63, 3.8) is 0 Å². The molecule has 5 rings (SSSR count). The quantitative estimate of drug-likeness (QED) is 0.616. The number of likely N-dealkylation sites (tertiary alicyclic amines) is 1. The van der Waals surface area contributed by atoms with Crippen LogP contribution in [-0.4, -0.2) is 58.8 Å². The Labute approximate surface area is 199 Å². The van der Waals surface area contributed by atoms with E-state index in [1.807, 2.05) is 13.0 Å². The molecule has 1 aliphatic heterocycles. The lowest BCUT2D eigenvalue weighted by Crippen LogP contribution is -2.45. The molecule has 2 aliphatic rings. The first-order valence-electron chi connectivity index (χ1n) is 11.2. The van der Waals surface area contributed by atoms with Crippen molar-refractivity contribution < 1.29 is 27.9 Å². The lowest BCUT2D eigenvalue weighted by molar-refractivity contribution is -0.127. The number of benzene rings is 1. The maximum Gasteiger partial charge on any atom is 0.409 e. The van der Waals surface area contributed by atoms with Gasteiger partial charge in [-0.1, -0.05) is 0 Å². The topological polar surface area (TPSA) is 93.0 Å². The highest BCUT2D eigenvalue weighted by Gasteiger charge is 2.57. The van der Waals surface area contributed by atoms with Gasteiger partial charge in [-0.15, -0.1) is 0 Å². The Bertz CT molecular complexity index is 1380. The minimum atomic E-state index is -0.930. The lowest BCUT2D eigenvalue weighted by Gasteiger charge is -2.30. The molecule has 2 amide bonds. The molecule has 2 fully saturated rings. The molecule has 35 heavy (non-hydrogen) atoms. The molecule has 10 heteroatoms. The zero-order chi connectivity index (χ0) is 25.1. The van der Waals surface area contributed by atoms with Crippen LogP contribution in [0.25, 0.3) is 16.9 Å². The van der Waals surface area contributed by atoms with Gasteiger partial charge in [0.05, 0.1) is 29.5 Å². The van der Waals surface area contributed by atoms with Crippen molar-refractivity contribution in [1.82, 2.24) is 19.6 Å². The first kappa shape index (κ1) is 22.9. The number of halogens is 2. The van der Waals surface area contributed by atoms with Crippen LogP contribution in [0, 0.1) is 24.0 Å². The molecule has 1 saturated heterocycles. The molecule has 0 spiro atoms. The van der Waals surface area contributed by atoms with Crippen molar-refractivity contribution >= 4 is 23.4 Å². The van der Waals surface area contributed by atoms with Crippen LogP contribution in [0.2, 0.25) is 0 Å². The Morgan fingerprint density at radius 2 is 1.97 bits per heavy atom. The van der Waals surface area contributed by atoms with Crippen LogP contribution in [0.4, 0.5) is 13.6 Å². The Morgan fingerprint density at radius 3 is 2.63 bits per heavy atom. The van der Waals surface area contributed by atoms with Crippen molar-refractivity contribution in [2.24, 2.45) is 5.41 Å². The fourth-order valence-electron chi connectivity index (χ4n) is 5.42. The summed E-state index contributed by atoms with van der Waals surface area (Å²) in [7, 11) is 2.67. The van der Waals surface area contributed by atoms with Crippen molar-refractivity contribution in [2.45, 2.75) is 32.2 Å². The summed E-state index contributed by atoms with van der Waals surface area (Å²) in [6.07, 6.45) is 2.06. The fraction of sp³-hybridized carbons (Fsp3) is 0.360. The second kappa shape index (κ2) is 8.14. The summed E-state index contributed by atoms with van der Waals surface area (Å²) in [6, 6.07) is 5.31. The molecule has 1 N–H and O–H groups in total. The summed E-state index contributed by atoms with van der Waals surface area (Å²) in [4.78, 5) is 43.3. The molecular formula is C25H24F2N4O4. The number of carbonyl (C=O) groups is 3. The van der Waals surface area contributed by atoms with E-state index in [-0.39, 0.29) is 48.0 Å². The third-order valence-electron chi connectivity index (χ3n) is 7.12. The van der Waals surface area contributed by atoms with Crippen LogP contribution < -0.4 is 5.32 Å². The number of pyridine rings is 1. The average molecular weight is 482 g/mol. The zero-order valence-electron chi connectivity index (χ0n) is 19.5. The maximum absolute atomic E-state index is 15.3.